The number of hydrogen-bond acceptors (Lipinski definition) is 0. The van der Waals surface area contributed by atoms with Crippen LogP contribution >= 0.6 is 15.8 Å². The second-order valence-electron chi connectivity index (χ2n) is 10.2. The van der Waals surface area contributed by atoms with Gasteiger partial charge < -0.3 is 12.8 Å². The molecule has 0 N–H and O–H groups in total. The molecule has 0 amide bonds. The molecule has 0 bridgehead atoms. The fourth-order valence-corrected chi connectivity index (χ4v) is 10.7. The Morgan fingerprint density at radius 2 is 0.707 bits per heavy atom. The van der Waals surface area contributed by atoms with Crippen LogP contribution in [-0.4, -0.2) is 32.6 Å². The predicted octanol–water partition coefficient (Wildman–Crippen LogP) is 9.75. The Morgan fingerprint density at radius 1 is 0.463 bits per heavy atom. The molecule has 0 aromatic heterocycles. The number of fused-ring (bicyclic) bond motifs is 4. The molecule has 6 rings (SSSR count). The van der Waals surface area contributed by atoms with Gasteiger partial charge in [0.05, 0.1) is 0 Å². The van der Waals surface area contributed by atoms with Crippen LogP contribution in [0.4, 0.5) is 0 Å². The second kappa shape index (κ2) is 17.1. The molecule has 0 radical (unpaired) electrons. The maximum Gasteiger partial charge on any atom is 1.00 e. The van der Waals surface area contributed by atoms with Crippen LogP contribution in [0.3, 0.4) is 0 Å². The van der Waals surface area contributed by atoms with Crippen LogP contribution < -0.4 is 0 Å². The Hall–Kier alpha value is -2.18. The maximum absolute atomic E-state index is 7.46. The van der Waals surface area contributed by atoms with E-state index in [-0.39, 0.29) is 60.6 Å². The fourth-order valence-electron chi connectivity index (χ4n) is 5.00. The zero-order valence-corrected chi connectivity index (χ0v) is 30.0. The summed E-state index contributed by atoms with van der Waals surface area (Å²) < 4.78 is 0. The van der Waals surface area contributed by atoms with Crippen molar-refractivity contribution in [1.82, 2.24) is 0 Å². The third kappa shape index (κ3) is 8.91. The molecule has 0 aliphatic rings. The van der Waals surface area contributed by atoms with Crippen molar-refractivity contribution in [2.24, 2.45) is 0 Å². The van der Waals surface area contributed by atoms with Gasteiger partial charge in [-0.2, -0.15) is 0 Å². The summed E-state index contributed by atoms with van der Waals surface area (Å²) in [7, 11) is 0.222. The van der Waals surface area contributed by atoms with E-state index in [1.54, 1.807) is 5.90 Å². The first-order valence-corrected chi connectivity index (χ1v) is 18.6. The van der Waals surface area contributed by atoms with Crippen molar-refractivity contribution in [3.63, 3.8) is 0 Å². The smallest absolute Gasteiger partial charge is 0.366 e. The van der Waals surface area contributed by atoms with E-state index in [2.05, 4.69) is 74.9 Å². The molecule has 0 unspecified atom stereocenters. The molecule has 6 aromatic rings. The van der Waals surface area contributed by atoms with Crippen LogP contribution in [-0.2, 0) is 44.8 Å². The summed E-state index contributed by atoms with van der Waals surface area (Å²) in [6.45, 7) is 9.56. The van der Waals surface area contributed by atoms with Gasteiger partial charge in [-0.05, 0) is 33.7 Å². The van der Waals surface area contributed by atoms with E-state index in [1.165, 1.54) is 0 Å². The fraction of sp³-hybridized carbons (Fsp3) is 0.135. The predicted molar refractivity (Wildman–Crippen MR) is 181 cm³/mol. The monoisotopic (exact) mass is 934 g/mol. The first-order valence-electron chi connectivity index (χ1n) is 13.2. The number of benzene rings is 6. The first-order chi connectivity index (χ1) is 18.9. The van der Waals surface area contributed by atoms with Gasteiger partial charge in [0.2, 0.25) is 0 Å². The molecule has 0 spiro atoms. The standard InChI is InChI=1S/2C16H9.C5H14P2.2Au/c2*1-2-14-15-9-5-3-7-12(15)11-13-8-4-6-10-16(13)14;1-6(2)5-7(3)4;;/h2*3-11H;5H2,1-4H3;;/q2*-1;;2*+1/p+2. The number of rotatable bonds is 2. The van der Waals surface area contributed by atoms with Gasteiger partial charge in [0.25, 0.3) is 0 Å². The molecule has 0 fully saturated rings. The van der Waals surface area contributed by atoms with Crippen LogP contribution in [0.2, 0.25) is 0 Å². The zero-order chi connectivity index (χ0) is 27.8. The SMILES string of the molecule is C[PH+](C)C[PH+](C)C.[Au+].[Au+].[C-]#Cc1c2ccccc2cc2ccccc12.[C-]#Cc1c2ccccc2cc2ccccc12. The van der Waals surface area contributed by atoms with Gasteiger partial charge in [-0.3, -0.25) is 11.8 Å². The largest absolute Gasteiger partial charge is 1.00 e. The molecule has 0 heterocycles. The van der Waals surface area contributed by atoms with E-state index in [1.807, 2.05) is 72.8 Å². The van der Waals surface area contributed by atoms with E-state index < -0.39 is 0 Å². The minimum atomic E-state index is 0. The molecule has 0 nitrogen and oxygen atoms in total. The summed E-state index contributed by atoms with van der Waals surface area (Å²) in [4.78, 5) is 0. The van der Waals surface area contributed by atoms with Crippen molar-refractivity contribution >= 4 is 58.9 Å². The molecule has 0 aliphatic carbocycles. The molecule has 41 heavy (non-hydrogen) atoms. The van der Waals surface area contributed by atoms with Crippen molar-refractivity contribution in [1.29, 1.82) is 0 Å². The summed E-state index contributed by atoms with van der Waals surface area (Å²) in [6.07, 6.45) is 14.9. The van der Waals surface area contributed by atoms with E-state index in [4.69, 9.17) is 12.8 Å². The minimum Gasteiger partial charge on any atom is -0.366 e. The van der Waals surface area contributed by atoms with Crippen molar-refractivity contribution in [2.45, 2.75) is 0 Å². The van der Waals surface area contributed by atoms with Crippen LogP contribution in [0, 0.1) is 24.7 Å². The molecule has 4 heteroatoms. The van der Waals surface area contributed by atoms with Gasteiger partial charge in [0.15, 0.2) is 5.90 Å². The Labute approximate surface area is 279 Å². The van der Waals surface area contributed by atoms with E-state index in [0.29, 0.717) is 0 Å². The average molecular weight is 935 g/mol. The molecule has 0 atom stereocenters. The van der Waals surface area contributed by atoms with Crippen LogP contribution in [0.25, 0.3) is 43.1 Å². The van der Waals surface area contributed by atoms with E-state index >= 15 is 0 Å². The Kier molecular flexibility index (Phi) is 14.6. The molecule has 0 saturated heterocycles. The van der Waals surface area contributed by atoms with Gasteiger partial charge in [-0.25, -0.2) is 0 Å². The Morgan fingerprint density at radius 3 is 0.902 bits per heavy atom. The van der Waals surface area contributed by atoms with E-state index in [0.717, 1.165) is 54.2 Å². The third-order valence-electron chi connectivity index (χ3n) is 6.50. The van der Waals surface area contributed by atoms with E-state index in [9.17, 15) is 0 Å². The quantitative estimate of drug-likeness (QED) is 0.0534. The summed E-state index contributed by atoms with van der Waals surface area (Å²) in [5, 5.41) is 9.03. The number of hydrogen-bond donors (Lipinski definition) is 0. The van der Waals surface area contributed by atoms with Crippen molar-refractivity contribution in [2.75, 3.05) is 32.6 Å². The van der Waals surface area contributed by atoms with Crippen molar-refractivity contribution in [3.8, 4) is 11.8 Å². The molecular formula is C37H34Au2P2+2. The maximum atomic E-state index is 7.46. The van der Waals surface area contributed by atoms with Crippen molar-refractivity contribution < 1.29 is 44.8 Å². The van der Waals surface area contributed by atoms with Crippen LogP contribution in [0.1, 0.15) is 11.1 Å². The topological polar surface area (TPSA) is 0 Å². The molecule has 6 aromatic carbocycles. The molecule has 212 valence electrons. The second-order valence-corrected chi connectivity index (χ2v) is 16.5. The van der Waals surface area contributed by atoms with Crippen molar-refractivity contribution in [3.05, 3.63) is 133 Å². The minimum absolute atomic E-state index is 0. The normalized spacial score (nSPS) is 10.0. The van der Waals surface area contributed by atoms with Crippen LogP contribution in [0.15, 0.2) is 109 Å². The first kappa shape index (κ1) is 35.0. The Bertz CT molecular complexity index is 1580. The van der Waals surface area contributed by atoms with Gasteiger partial charge in [0, 0.05) is 42.5 Å². The summed E-state index contributed by atoms with van der Waals surface area (Å²) in [6, 6.07) is 36.8. The summed E-state index contributed by atoms with van der Waals surface area (Å²) in [5.74, 6) is 6.69. The van der Waals surface area contributed by atoms with Gasteiger partial charge in [-0.1, -0.05) is 119 Å². The van der Waals surface area contributed by atoms with Gasteiger partial charge in [-0.15, -0.1) is 11.1 Å². The summed E-state index contributed by atoms with van der Waals surface area (Å²) in [5.41, 5.74) is 1.77. The summed E-state index contributed by atoms with van der Waals surface area (Å²) >= 11 is 0. The molecule has 0 aliphatic heterocycles. The zero-order valence-electron chi connectivity index (χ0n) is 23.7. The molecular weight excluding hydrogens is 900 g/mol. The third-order valence-corrected chi connectivity index (χ3v) is 12.2. The van der Waals surface area contributed by atoms with Gasteiger partial charge >= 0.3 is 44.8 Å². The average Bonchev–Trinajstić information content (AvgIpc) is 2.94. The Balaban J connectivity index is 0.000000226. The van der Waals surface area contributed by atoms with Gasteiger partial charge in [0.1, 0.15) is 0 Å². The van der Waals surface area contributed by atoms with Crippen LogP contribution in [0.5, 0.6) is 0 Å². The molecule has 0 saturated carbocycles.